The van der Waals surface area contributed by atoms with Gasteiger partial charge < -0.3 is 11.1 Å². The number of carbonyl (C=O) groups is 1. The summed E-state index contributed by atoms with van der Waals surface area (Å²) >= 11 is 0. The third-order valence-electron chi connectivity index (χ3n) is 3.00. The van der Waals surface area contributed by atoms with E-state index in [2.05, 4.69) is 5.32 Å². The third-order valence-corrected chi connectivity index (χ3v) is 4.93. The van der Waals surface area contributed by atoms with Gasteiger partial charge in [-0.3, -0.25) is 4.79 Å². The van der Waals surface area contributed by atoms with Gasteiger partial charge in [0.05, 0.1) is 11.4 Å². The number of amides is 1. The maximum Gasteiger partial charge on any atom is 0.243 e. The Morgan fingerprint density at radius 1 is 1.35 bits per heavy atom. The number of rotatable bonds is 6. The van der Waals surface area contributed by atoms with Gasteiger partial charge in [-0.25, -0.2) is 8.42 Å². The Kier molecular flexibility index (Phi) is 5.67. The second-order valence-electron chi connectivity index (χ2n) is 4.46. The highest BCUT2D eigenvalue weighted by Crippen LogP contribution is 2.18. The molecule has 1 aromatic rings. The van der Waals surface area contributed by atoms with Gasteiger partial charge in [-0.1, -0.05) is 19.1 Å². The molecule has 7 heteroatoms. The van der Waals surface area contributed by atoms with Crippen LogP contribution in [-0.2, 0) is 14.8 Å². The van der Waals surface area contributed by atoms with Crippen molar-refractivity contribution in [1.82, 2.24) is 9.62 Å². The Morgan fingerprint density at radius 2 is 1.90 bits per heavy atom. The van der Waals surface area contributed by atoms with E-state index in [1.165, 1.54) is 19.2 Å². The maximum absolute atomic E-state index is 12.4. The van der Waals surface area contributed by atoms with Crippen LogP contribution in [0.1, 0.15) is 25.5 Å². The number of likely N-dealkylation sites (N-methyl/N-ethyl adjacent to an activating group) is 2. The van der Waals surface area contributed by atoms with E-state index in [-0.39, 0.29) is 29.9 Å². The molecule has 112 valence electrons. The van der Waals surface area contributed by atoms with Gasteiger partial charge in [-0.2, -0.15) is 4.31 Å². The van der Waals surface area contributed by atoms with Gasteiger partial charge in [0.15, 0.2) is 0 Å². The van der Waals surface area contributed by atoms with Crippen LogP contribution in [-0.4, -0.2) is 38.8 Å². The van der Waals surface area contributed by atoms with Gasteiger partial charge in [-0.05, 0) is 24.6 Å². The summed E-state index contributed by atoms with van der Waals surface area (Å²) in [5.74, 6) is -0.345. The van der Waals surface area contributed by atoms with E-state index in [1.54, 1.807) is 19.1 Å². The molecule has 0 bridgehead atoms. The van der Waals surface area contributed by atoms with Crippen molar-refractivity contribution in [2.75, 3.05) is 20.1 Å². The molecule has 1 atom stereocenters. The molecular weight excluding hydrogens is 278 g/mol. The Bertz CT molecular complexity index is 553. The number of benzene rings is 1. The predicted molar refractivity (Wildman–Crippen MR) is 77.5 cm³/mol. The lowest BCUT2D eigenvalue weighted by Gasteiger charge is -2.19. The first kappa shape index (κ1) is 16.6. The van der Waals surface area contributed by atoms with Crippen molar-refractivity contribution in [2.45, 2.75) is 24.8 Å². The highest BCUT2D eigenvalue weighted by atomic mass is 32.2. The fourth-order valence-electron chi connectivity index (χ4n) is 1.70. The fraction of sp³-hybridized carbons (Fsp3) is 0.462. The van der Waals surface area contributed by atoms with Crippen molar-refractivity contribution < 1.29 is 13.2 Å². The van der Waals surface area contributed by atoms with Gasteiger partial charge in [0.25, 0.3) is 0 Å². The Balaban J connectivity index is 3.04. The highest BCUT2D eigenvalue weighted by Gasteiger charge is 2.24. The molecule has 0 heterocycles. The molecule has 0 radical (unpaired) electrons. The number of carbonyl (C=O) groups excluding carboxylic acids is 1. The molecule has 0 fully saturated rings. The first-order valence-corrected chi connectivity index (χ1v) is 7.83. The summed E-state index contributed by atoms with van der Waals surface area (Å²) in [6.45, 7) is 3.55. The van der Waals surface area contributed by atoms with Crippen molar-refractivity contribution in [3.05, 3.63) is 29.8 Å². The van der Waals surface area contributed by atoms with Crippen molar-refractivity contribution in [3.8, 4) is 0 Å². The normalized spacial score (nSPS) is 13.2. The van der Waals surface area contributed by atoms with Crippen LogP contribution in [0, 0.1) is 0 Å². The third kappa shape index (κ3) is 3.78. The van der Waals surface area contributed by atoms with E-state index in [1.807, 2.05) is 6.92 Å². The van der Waals surface area contributed by atoms with Crippen LogP contribution in [0.15, 0.2) is 29.2 Å². The van der Waals surface area contributed by atoms with Crippen LogP contribution >= 0.6 is 0 Å². The number of nitrogens with two attached hydrogens (primary N) is 1. The minimum absolute atomic E-state index is 0.153. The van der Waals surface area contributed by atoms with Gasteiger partial charge in [0.2, 0.25) is 15.9 Å². The number of hydrogen-bond acceptors (Lipinski definition) is 4. The van der Waals surface area contributed by atoms with Crippen molar-refractivity contribution >= 4 is 15.9 Å². The highest BCUT2D eigenvalue weighted by molar-refractivity contribution is 7.89. The molecule has 1 rings (SSSR count). The van der Waals surface area contributed by atoms with Gasteiger partial charge in [-0.15, -0.1) is 0 Å². The average molecular weight is 299 g/mol. The maximum atomic E-state index is 12.4. The molecule has 6 nitrogen and oxygen atoms in total. The van der Waals surface area contributed by atoms with Crippen LogP contribution in [0.4, 0.5) is 0 Å². The molecule has 1 amide bonds. The number of nitrogens with one attached hydrogen (secondary N) is 1. The number of nitrogens with zero attached hydrogens (tertiary/aromatic N) is 1. The summed E-state index contributed by atoms with van der Waals surface area (Å²) < 4.78 is 26.0. The zero-order valence-electron chi connectivity index (χ0n) is 12.0. The van der Waals surface area contributed by atoms with E-state index in [9.17, 15) is 13.2 Å². The summed E-state index contributed by atoms with van der Waals surface area (Å²) in [7, 11) is -2.19. The van der Waals surface area contributed by atoms with Crippen molar-refractivity contribution in [2.24, 2.45) is 5.73 Å². The standard InChI is InChI=1S/C13H21N3O3S/c1-4-16(9-13(17)15-3)20(18,19)12-7-5-11(6-8-12)10(2)14/h5-8,10H,4,9,14H2,1-3H3,(H,15,17). The quantitative estimate of drug-likeness (QED) is 0.798. The van der Waals surface area contributed by atoms with E-state index >= 15 is 0 Å². The zero-order chi connectivity index (χ0) is 15.3. The molecule has 0 aliphatic carbocycles. The molecule has 0 aromatic heterocycles. The van der Waals surface area contributed by atoms with E-state index in [4.69, 9.17) is 5.73 Å². The molecule has 0 aliphatic heterocycles. The second-order valence-corrected chi connectivity index (χ2v) is 6.40. The Labute approximate surface area is 120 Å². The first-order valence-electron chi connectivity index (χ1n) is 6.39. The SMILES string of the molecule is CCN(CC(=O)NC)S(=O)(=O)c1ccc(C(C)N)cc1. The van der Waals surface area contributed by atoms with Gasteiger partial charge in [0.1, 0.15) is 0 Å². The van der Waals surface area contributed by atoms with Crippen LogP contribution in [0.25, 0.3) is 0 Å². The first-order chi connectivity index (χ1) is 9.32. The molecule has 20 heavy (non-hydrogen) atoms. The van der Waals surface area contributed by atoms with Gasteiger partial charge in [0, 0.05) is 19.6 Å². The zero-order valence-corrected chi connectivity index (χ0v) is 12.8. The monoisotopic (exact) mass is 299 g/mol. The summed E-state index contributed by atoms with van der Waals surface area (Å²) in [5.41, 5.74) is 6.59. The van der Waals surface area contributed by atoms with E-state index in [0.29, 0.717) is 0 Å². The lowest BCUT2D eigenvalue weighted by molar-refractivity contribution is -0.120. The average Bonchev–Trinajstić information content (AvgIpc) is 2.44. The largest absolute Gasteiger partial charge is 0.358 e. The minimum Gasteiger partial charge on any atom is -0.358 e. The minimum atomic E-state index is -3.67. The summed E-state index contributed by atoms with van der Waals surface area (Å²) in [6, 6.07) is 6.25. The molecule has 0 aliphatic rings. The number of sulfonamides is 1. The molecule has 3 N–H and O–H groups in total. The Hall–Kier alpha value is -1.44. The summed E-state index contributed by atoms with van der Waals surface area (Å²) in [6.07, 6.45) is 0. The Morgan fingerprint density at radius 3 is 2.30 bits per heavy atom. The second kappa shape index (κ2) is 6.83. The van der Waals surface area contributed by atoms with Crippen LogP contribution in [0.3, 0.4) is 0 Å². The number of hydrogen-bond donors (Lipinski definition) is 2. The lowest BCUT2D eigenvalue weighted by atomic mass is 10.1. The van der Waals surface area contributed by atoms with Crippen LogP contribution in [0.5, 0.6) is 0 Å². The summed E-state index contributed by atoms with van der Waals surface area (Å²) in [5, 5.41) is 2.42. The van der Waals surface area contributed by atoms with Crippen LogP contribution in [0.2, 0.25) is 0 Å². The molecule has 1 unspecified atom stereocenters. The molecule has 1 aromatic carbocycles. The molecule has 0 saturated carbocycles. The molecule has 0 saturated heterocycles. The van der Waals surface area contributed by atoms with Crippen molar-refractivity contribution in [3.63, 3.8) is 0 Å². The summed E-state index contributed by atoms with van der Waals surface area (Å²) in [4.78, 5) is 11.5. The van der Waals surface area contributed by atoms with E-state index < -0.39 is 10.0 Å². The molecular formula is C13H21N3O3S. The lowest BCUT2D eigenvalue weighted by Crippen LogP contribution is -2.39. The fourth-order valence-corrected chi connectivity index (χ4v) is 3.10. The predicted octanol–water partition coefficient (Wildman–Crippen LogP) is 0.463. The topological polar surface area (TPSA) is 92.5 Å². The smallest absolute Gasteiger partial charge is 0.243 e. The van der Waals surface area contributed by atoms with E-state index in [0.717, 1.165) is 9.87 Å². The van der Waals surface area contributed by atoms with Crippen LogP contribution < -0.4 is 11.1 Å². The molecule has 0 spiro atoms. The van der Waals surface area contributed by atoms with Gasteiger partial charge >= 0.3 is 0 Å². The van der Waals surface area contributed by atoms with Crippen molar-refractivity contribution in [1.29, 1.82) is 0 Å².